The maximum absolute atomic E-state index is 13.3. The summed E-state index contributed by atoms with van der Waals surface area (Å²) < 4.78 is 5.76. The Bertz CT molecular complexity index is 1240. The van der Waals surface area contributed by atoms with Crippen LogP contribution in [0.1, 0.15) is 37.4 Å². The van der Waals surface area contributed by atoms with Crippen molar-refractivity contribution in [1.29, 1.82) is 0 Å². The number of aromatic nitrogens is 1. The van der Waals surface area contributed by atoms with Crippen LogP contribution >= 0.6 is 0 Å². The minimum Gasteiger partial charge on any atom is -0.507 e. The monoisotopic (exact) mass is 461 g/mol. The van der Waals surface area contributed by atoms with Crippen molar-refractivity contribution in [3.63, 3.8) is 0 Å². The third kappa shape index (κ3) is 4.56. The van der Waals surface area contributed by atoms with Gasteiger partial charge in [-0.05, 0) is 59.1 Å². The van der Waals surface area contributed by atoms with Gasteiger partial charge in [-0.25, -0.2) is 0 Å². The molecule has 1 aliphatic heterocycles. The van der Waals surface area contributed by atoms with Crippen LogP contribution in [0.2, 0.25) is 0 Å². The Balaban J connectivity index is 1.84. The van der Waals surface area contributed by atoms with Gasteiger partial charge in [-0.15, -0.1) is 0 Å². The molecule has 7 heteroatoms. The number of ether oxygens (including phenoxy) is 1. The summed E-state index contributed by atoms with van der Waals surface area (Å²) in [7, 11) is 3.94. The molecule has 0 spiro atoms. The highest BCUT2D eigenvalue weighted by Gasteiger charge is 2.46. The molecule has 1 amide bonds. The third-order valence-electron chi connectivity index (χ3n) is 5.94. The van der Waals surface area contributed by atoms with E-state index in [0.717, 1.165) is 23.0 Å². The van der Waals surface area contributed by atoms with Crippen molar-refractivity contribution in [3.8, 4) is 5.75 Å². The fourth-order valence-electron chi connectivity index (χ4n) is 4.46. The van der Waals surface area contributed by atoms with Gasteiger partial charge in [0.25, 0.3) is 11.7 Å². The van der Waals surface area contributed by atoms with Crippen molar-refractivity contribution >= 4 is 28.4 Å². The first-order valence-corrected chi connectivity index (χ1v) is 11.5. The average Bonchev–Trinajstić information content (AvgIpc) is 3.32. The number of aromatic amines is 1. The first-order chi connectivity index (χ1) is 16.3. The van der Waals surface area contributed by atoms with E-state index in [-0.39, 0.29) is 17.4 Å². The summed E-state index contributed by atoms with van der Waals surface area (Å²) in [6.07, 6.45) is 2.49. The molecule has 0 radical (unpaired) electrons. The quantitative estimate of drug-likeness (QED) is 0.296. The van der Waals surface area contributed by atoms with Gasteiger partial charge in [-0.1, -0.05) is 30.3 Å². The molecule has 7 nitrogen and oxygen atoms in total. The molecule has 1 atom stereocenters. The van der Waals surface area contributed by atoms with Crippen molar-refractivity contribution in [2.24, 2.45) is 0 Å². The number of para-hydroxylation sites is 1. The topological polar surface area (TPSA) is 85.9 Å². The molecule has 0 bridgehead atoms. The molecular formula is C27H31N3O4. The van der Waals surface area contributed by atoms with Crippen LogP contribution in [0.15, 0.2) is 60.3 Å². The lowest BCUT2D eigenvalue weighted by atomic mass is 9.95. The zero-order valence-corrected chi connectivity index (χ0v) is 20.0. The summed E-state index contributed by atoms with van der Waals surface area (Å²) in [4.78, 5) is 33.3. The molecule has 2 aromatic carbocycles. The van der Waals surface area contributed by atoms with Crippen molar-refractivity contribution in [3.05, 3.63) is 71.4 Å². The van der Waals surface area contributed by atoms with Gasteiger partial charge in [0, 0.05) is 34.8 Å². The number of fused-ring (bicyclic) bond motifs is 1. The number of ketones is 1. The Morgan fingerprint density at radius 3 is 2.65 bits per heavy atom. The second-order valence-corrected chi connectivity index (χ2v) is 9.13. The van der Waals surface area contributed by atoms with Crippen LogP contribution < -0.4 is 4.74 Å². The zero-order valence-electron chi connectivity index (χ0n) is 20.0. The molecular weight excluding hydrogens is 430 g/mol. The number of hydrogen-bond acceptors (Lipinski definition) is 5. The summed E-state index contributed by atoms with van der Waals surface area (Å²) in [6, 6.07) is 14.0. The summed E-state index contributed by atoms with van der Waals surface area (Å²) in [5.74, 6) is -0.876. The van der Waals surface area contributed by atoms with Gasteiger partial charge in [0.2, 0.25) is 0 Å². The van der Waals surface area contributed by atoms with Gasteiger partial charge >= 0.3 is 0 Å². The summed E-state index contributed by atoms with van der Waals surface area (Å²) in [6.45, 7) is 5.02. The molecule has 1 aromatic heterocycles. The van der Waals surface area contributed by atoms with Gasteiger partial charge in [-0.2, -0.15) is 0 Å². The number of carbonyl (C=O) groups excluding carboxylic acids is 2. The summed E-state index contributed by atoms with van der Waals surface area (Å²) in [5, 5.41) is 12.3. The number of nitrogens with one attached hydrogen (secondary N) is 1. The standard InChI is InChI=1S/C27H31N3O4/c1-17(2)34-19-10-7-9-18(15-19)25(31)23-24(21-16-28-22-12-6-5-11-20(21)22)30(27(33)26(23)32)14-8-13-29(3)4/h5-7,9-12,15-17,24,28,31H,8,13-14H2,1-4H3/b25-23+. The van der Waals surface area contributed by atoms with Crippen molar-refractivity contribution < 1.29 is 19.4 Å². The van der Waals surface area contributed by atoms with Crippen LogP contribution in [0.3, 0.4) is 0 Å². The fourth-order valence-corrected chi connectivity index (χ4v) is 4.46. The lowest BCUT2D eigenvalue weighted by molar-refractivity contribution is -0.139. The maximum Gasteiger partial charge on any atom is 0.295 e. The highest BCUT2D eigenvalue weighted by molar-refractivity contribution is 6.46. The first kappa shape index (κ1) is 23.6. The SMILES string of the molecule is CC(C)Oc1cccc(/C(O)=C2\C(=O)C(=O)N(CCCN(C)C)C2c2c[nH]c3ccccc23)c1. The van der Waals surface area contributed by atoms with E-state index >= 15 is 0 Å². The number of H-pyrrole nitrogens is 1. The maximum atomic E-state index is 13.3. The predicted octanol–water partition coefficient (Wildman–Crippen LogP) is 4.33. The number of aliphatic hydroxyl groups excluding tert-OH is 1. The zero-order chi connectivity index (χ0) is 24.4. The van der Waals surface area contributed by atoms with E-state index in [2.05, 4.69) is 4.98 Å². The first-order valence-electron chi connectivity index (χ1n) is 11.5. The molecule has 1 fully saturated rings. The molecule has 0 saturated carbocycles. The van der Waals surface area contributed by atoms with Crippen LogP contribution in [0.4, 0.5) is 0 Å². The van der Waals surface area contributed by atoms with E-state index in [4.69, 9.17) is 4.74 Å². The number of nitrogens with zero attached hydrogens (tertiary/aromatic N) is 2. The second-order valence-electron chi connectivity index (χ2n) is 9.13. The number of aliphatic hydroxyl groups is 1. The minimum absolute atomic E-state index is 0.0362. The minimum atomic E-state index is -0.687. The van der Waals surface area contributed by atoms with Crippen molar-refractivity contribution in [2.75, 3.05) is 27.2 Å². The van der Waals surface area contributed by atoms with Crippen LogP contribution in [0, 0.1) is 0 Å². The van der Waals surface area contributed by atoms with Crippen LogP contribution in [0.5, 0.6) is 5.75 Å². The average molecular weight is 462 g/mol. The van der Waals surface area contributed by atoms with E-state index in [1.54, 1.807) is 29.2 Å². The Labute approximate surface area is 199 Å². The number of Topliss-reactive ketones (excluding diaryl/α,β-unsaturated/α-hetero) is 1. The van der Waals surface area contributed by atoms with Gasteiger partial charge in [0.15, 0.2) is 0 Å². The highest BCUT2D eigenvalue weighted by Crippen LogP contribution is 2.42. The Morgan fingerprint density at radius 2 is 1.91 bits per heavy atom. The summed E-state index contributed by atoms with van der Waals surface area (Å²) in [5.41, 5.74) is 2.23. The molecule has 1 saturated heterocycles. The second kappa shape index (κ2) is 9.73. The predicted molar refractivity (Wildman–Crippen MR) is 133 cm³/mol. The van der Waals surface area contributed by atoms with Gasteiger partial charge in [0.1, 0.15) is 11.5 Å². The fraction of sp³-hybridized carbons (Fsp3) is 0.333. The Kier molecular flexibility index (Phi) is 6.75. The number of hydrogen-bond donors (Lipinski definition) is 2. The largest absolute Gasteiger partial charge is 0.507 e. The smallest absolute Gasteiger partial charge is 0.295 e. The number of benzene rings is 2. The number of likely N-dealkylation sites (tertiary alicyclic amines) is 1. The van der Waals surface area contributed by atoms with E-state index < -0.39 is 17.7 Å². The molecule has 1 unspecified atom stereocenters. The Morgan fingerprint density at radius 1 is 1.15 bits per heavy atom. The molecule has 4 rings (SSSR count). The van der Waals surface area contributed by atoms with Crippen LogP contribution in [-0.2, 0) is 9.59 Å². The Hall–Kier alpha value is -3.58. The number of carbonyl (C=O) groups is 2. The molecule has 3 aromatic rings. The lowest BCUT2D eigenvalue weighted by Crippen LogP contribution is -2.32. The van der Waals surface area contributed by atoms with Gasteiger partial charge in [0.05, 0.1) is 17.7 Å². The van der Waals surface area contributed by atoms with Crippen LogP contribution in [0.25, 0.3) is 16.7 Å². The summed E-state index contributed by atoms with van der Waals surface area (Å²) >= 11 is 0. The molecule has 1 aliphatic rings. The van der Waals surface area contributed by atoms with E-state index in [9.17, 15) is 14.7 Å². The number of amides is 1. The molecule has 178 valence electrons. The number of rotatable bonds is 8. The third-order valence-corrected chi connectivity index (χ3v) is 5.94. The van der Waals surface area contributed by atoms with Crippen LogP contribution in [-0.4, -0.2) is 64.9 Å². The van der Waals surface area contributed by atoms with E-state index in [1.807, 2.05) is 63.3 Å². The molecule has 0 aliphatic carbocycles. The highest BCUT2D eigenvalue weighted by atomic mass is 16.5. The van der Waals surface area contributed by atoms with E-state index in [1.165, 1.54) is 0 Å². The lowest BCUT2D eigenvalue weighted by Gasteiger charge is -2.25. The van der Waals surface area contributed by atoms with Gasteiger partial charge < -0.3 is 24.6 Å². The normalized spacial score (nSPS) is 17.9. The molecule has 34 heavy (non-hydrogen) atoms. The van der Waals surface area contributed by atoms with Crippen molar-refractivity contribution in [2.45, 2.75) is 32.4 Å². The van der Waals surface area contributed by atoms with E-state index in [0.29, 0.717) is 24.3 Å². The van der Waals surface area contributed by atoms with Gasteiger partial charge in [-0.3, -0.25) is 9.59 Å². The van der Waals surface area contributed by atoms with Crippen molar-refractivity contribution in [1.82, 2.24) is 14.8 Å². The molecule has 2 heterocycles. The molecule has 2 N–H and O–H groups in total.